The minimum atomic E-state index is -1.08. The van der Waals surface area contributed by atoms with E-state index in [0.717, 1.165) is 29.3 Å². The van der Waals surface area contributed by atoms with Crippen molar-refractivity contribution in [3.05, 3.63) is 56.7 Å². The van der Waals surface area contributed by atoms with Gasteiger partial charge in [0, 0.05) is 18.0 Å². The van der Waals surface area contributed by atoms with E-state index in [1.54, 1.807) is 18.2 Å². The Balaban J connectivity index is 1.78. The van der Waals surface area contributed by atoms with Crippen LogP contribution in [0.4, 0.5) is 5.69 Å². The summed E-state index contributed by atoms with van der Waals surface area (Å²) < 4.78 is 20.5. The number of aromatic nitrogens is 1. The fourth-order valence-corrected chi connectivity index (χ4v) is 5.69. The molecular formula is C25H29N5O6S2. The maximum absolute atomic E-state index is 14.0. The molecule has 5 N–H and O–H groups in total. The number of thiophene rings is 1. The van der Waals surface area contributed by atoms with Crippen LogP contribution < -0.4 is 26.3 Å². The van der Waals surface area contributed by atoms with Crippen LogP contribution in [0.25, 0.3) is 0 Å². The molecule has 0 bridgehead atoms. The third-order valence-corrected chi connectivity index (χ3v) is 7.85. The van der Waals surface area contributed by atoms with Gasteiger partial charge in [0.2, 0.25) is 5.91 Å². The second-order valence-corrected chi connectivity index (χ2v) is 10.4. The summed E-state index contributed by atoms with van der Waals surface area (Å²) in [5.74, 6) is -0.931. The largest absolute Gasteiger partial charge is 0.493 e. The highest BCUT2D eigenvalue weighted by Gasteiger charge is 2.36. The Morgan fingerprint density at radius 1 is 1.24 bits per heavy atom. The first-order valence-corrected chi connectivity index (χ1v) is 13.5. The van der Waals surface area contributed by atoms with Gasteiger partial charge in [-0.15, -0.1) is 11.3 Å². The van der Waals surface area contributed by atoms with E-state index in [9.17, 15) is 14.4 Å². The molecule has 3 heterocycles. The second kappa shape index (κ2) is 12.2. The lowest BCUT2D eigenvalue weighted by Gasteiger charge is -2.31. The van der Waals surface area contributed by atoms with Crippen LogP contribution in [0, 0.1) is 0 Å². The van der Waals surface area contributed by atoms with Gasteiger partial charge in [-0.05, 0) is 53.5 Å². The Kier molecular flexibility index (Phi) is 8.81. The zero-order valence-corrected chi connectivity index (χ0v) is 22.6. The quantitative estimate of drug-likeness (QED) is 0.323. The van der Waals surface area contributed by atoms with Crippen molar-refractivity contribution < 1.29 is 28.6 Å². The van der Waals surface area contributed by atoms with Crippen LogP contribution in [0.5, 0.6) is 11.5 Å². The third-order valence-electron chi connectivity index (χ3n) is 6.13. The van der Waals surface area contributed by atoms with Crippen molar-refractivity contribution in [1.29, 1.82) is 0 Å². The van der Waals surface area contributed by atoms with Gasteiger partial charge in [-0.2, -0.15) is 4.37 Å². The van der Waals surface area contributed by atoms with Crippen LogP contribution in [-0.4, -0.2) is 60.5 Å². The van der Waals surface area contributed by atoms with E-state index in [4.69, 9.17) is 25.7 Å². The molecule has 1 aromatic carbocycles. The summed E-state index contributed by atoms with van der Waals surface area (Å²) >= 11 is 2.21. The molecule has 1 aliphatic rings. The number of carbonyl (C=O) groups is 3. The molecule has 2 aromatic heterocycles. The molecule has 202 valence electrons. The number of nitrogen functional groups attached to an aromatic ring is 1. The van der Waals surface area contributed by atoms with Gasteiger partial charge >= 0.3 is 0 Å². The van der Waals surface area contributed by atoms with E-state index >= 15 is 0 Å². The summed E-state index contributed by atoms with van der Waals surface area (Å²) in [6, 6.07) is 7.69. The lowest BCUT2D eigenvalue weighted by Crippen LogP contribution is -2.45. The maximum atomic E-state index is 14.0. The van der Waals surface area contributed by atoms with Gasteiger partial charge in [0.05, 0.1) is 32.6 Å². The highest BCUT2D eigenvalue weighted by molar-refractivity contribution is 7.10. The minimum Gasteiger partial charge on any atom is -0.493 e. The Labute approximate surface area is 227 Å². The smallest absolute Gasteiger partial charge is 0.270 e. The lowest BCUT2D eigenvalue weighted by molar-refractivity contribution is -0.126. The SMILES string of the molecule is COc1ccc([C@@H](C(=O)NC[C@@H]2CCCO2)N(Cc2cccs2)C(=O)c2snc(C(N)=O)c2N)cc1OC. The minimum absolute atomic E-state index is 0.0211. The summed E-state index contributed by atoms with van der Waals surface area (Å²) in [6.45, 7) is 1.06. The van der Waals surface area contributed by atoms with Gasteiger partial charge in [0.15, 0.2) is 17.2 Å². The van der Waals surface area contributed by atoms with Crippen LogP contribution in [0.1, 0.15) is 49.5 Å². The number of nitrogens with two attached hydrogens (primary N) is 2. The second-order valence-electron chi connectivity index (χ2n) is 8.55. The molecule has 3 aromatic rings. The van der Waals surface area contributed by atoms with Crippen LogP contribution in [-0.2, 0) is 16.1 Å². The molecule has 0 aliphatic carbocycles. The van der Waals surface area contributed by atoms with E-state index in [1.165, 1.54) is 30.5 Å². The average molecular weight is 560 g/mol. The molecule has 11 nitrogen and oxygen atoms in total. The van der Waals surface area contributed by atoms with Crippen molar-refractivity contribution in [3.8, 4) is 11.5 Å². The fourth-order valence-electron chi connectivity index (χ4n) is 4.22. The van der Waals surface area contributed by atoms with Crippen LogP contribution in [0.2, 0.25) is 0 Å². The molecule has 0 saturated carbocycles. The predicted molar refractivity (Wildman–Crippen MR) is 144 cm³/mol. The first-order chi connectivity index (χ1) is 18.3. The molecule has 1 saturated heterocycles. The van der Waals surface area contributed by atoms with E-state index in [0.29, 0.717) is 30.2 Å². The number of benzene rings is 1. The van der Waals surface area contributed by atoms with Gasteiger partial charge < -0.3 is 35.9 Å². The number of nitrogens with zero attached hydrogens (tertiary/aromatic N) is 2. The summed E-state index contributed by atoms with van der Waals surface area (Å²) in [5, 5.41) is 4.83. The normalized spacial score (nSPS) is 15.6. The molecule has 3 amide bonds. The highest BCUT2D eigenvalue weighted by Crippen LogP contribution is 2.35. The van der Waals surface area contributed by atoms with E-state index in [2.05, 4.69) is 9.69 Å². The molecule has 0 radical (unpaired) electrons. The summed E-state index contributed by atoms with van der Waals surface area (Å²) in [4.78, 5) is 41.8. The van der Waals surface area contributed by atoms with Crippen LogP contribution in [0.3, 0.4) is 0 Å². The number of amides is 3. The zero-order chi connectivity index (χ0) is 27.2. The van der Waals surface area contributed by atoms with Crippen molar-refractivity contribution in [2.45, 2.75) is 31.5 Å². The molecule has 1 aliphatic heterocycles. The summed E-state index contributed by atoms with van der Waals surface area (Å²) in [7, 11) is 3.00. The predicted octanol–water partition coefficient (Wildman–Crippen LogP) is 2.58. The van der Waals surface area contributed by atoms with E-state index in [-0.39, 0.29) is 28.9 Å². The van der Waals surface area contributed by atoms with Gasteiger partial charge in [-0.1, -0.05) is 12.1 Å². The monoisotopic (exact) mass is 559 g/mol. The zero-order valence-electron chi connectivity index (χ0n) is 21.0. The lowest BCUT2D eigenvalue weighted by atomic mass is 10.0. The van der Waals surface area contributed by atoms with E-state index in [1.807, 2.05) is 17.5 Å². The Hall–Kier alpha value is -3.68. The first kappa shape index (κ1) is 27.4. The van der Waals surface area contributed by atoms with Crippen molar-refractivity contribution in [1.82, 2.24) is 14.6 Å². The molecule has 1 fully saturated rings. The van der Waals surface area contributed by atoms with Crippen molar-refractivity contribution in [3.63, 3.8) is 0 Å². The van der Waals surface area contributed by atoms with Crippen molar-refractivity contribution >= 4 is 46.3 Å². The summed E-state index contributed by atoms with van der Waals surface area (Å²) in [5.41, 5.74) is 11.7. The number of hydrogen-bond acceptors (Lipinski definition) is 10. The van der Waals surface area contributed by atoms with Gasteiger partial charge in [0.1, 0.15) is 10.9 Å². The van der Waals surface area contributed by atoms with Gasteiger partial charge in [-0.3, -0.25) is 14.4 Å². The molecule has 0 spiro atoms. The van der Waals surface area contributed by atoms with E-state index < -0.39 is 23.8 Å². The average Bonchev–Trinajstić information content (AvgIpc) is 3.69. The van der Waals surface area contributed by atoms with Crippen LogP contribution in [0.15, 0.2) is 35.7 Å². The Morgan fingerprint density at radius 3 is 2.63 bits per heavy atom. The Morgan fingerprint density at radius 2 is 2.03 bits per heavy atom. The first-order valence-electron chi connectivity index (χ1n) is 11.8. The number of carbonyl (C=O) groups excluding carboxylic acids is 3. The molecule has 0 unspecified atom stereocenters. The molecule has 13 heteroatoms. The Bertz CT molecular complexity index is 1290. The molecule has 38 heavy (non-hydrogen) atoms. The third kappa shape index (κ3) is 5.90. The number of ether oxygens (including phenoxy) is 3. The molecule has 2 atom stereocenters. The molecule has 4 rings (SSSR count). The number of primary amides is 1. The maximum Gasteiger partial charge on any atom is 0.270 e. The number of anilines is 1. The van der Waals surface area contributed by atoms with Gasteiger partial charge in [-0.25, -0.2) is 0 Å². The number of methoxy groups -OCH3 is 2. The van der Waals surface area contributed by atoms with Gasteiger partial charge in [0.25, 0.3) is 11.8 Å². The van der Waals surface area contributed by atoms with Crippen LogP contribution >= 0.6 is 22.9 Å². The number of rotatable bonds is 11. The molecular weight excluding hydrogens is 530 g/mol. The fraction of sp³-hybridized carbons (Fsp3) is 0.360. The number of nitrogens with one attached hydrogen (secondary N) is 1. The van der Waals surface area contributed by atoms with Crippen molar-refractivity contribution in [2.75, 3.05) is 33.1 Å². The van der Waals surface area contributed by atoms with Crippen molar-refractivity contribution in [2.24, 2.45) is 5.73 Å². The highest BCUT2D eigenvalue weighted by atomic mass is 32.1. The summed E-state index contributed by atoms with van der Waals surface area (Å²) in [6.07, 6.45) is 1.67. The number of hydrogen-bond donors (Lipinski definition) is 3. The standard InChI is InChI=1S/C25H29N5O6S2/c1-34-17-8-7-14(11-18(17)35-2)21(24(32)28-12-15-5-3-9-36-15)30(13-16-6-4-10-37-16)25(33)22-19(26)20(23(27)31)29-38-22/h4,6-8,10-11,15,21H,3,5,9,12-13,26H2,1-2H3,(H2,27,31)(H,28,32)/t15-,21-/m0/s1. The topological polar surface area (TPSA) is 159 Å².